The molecule has 1 unspecified atom stereocenters. The Balaban J connectivity index is 2.12. The van der Waals surface area contributed by atoms with Crippen LogP contribution < -0.4 is 10.5 Å². The highest BCUT2D eigenvalue weighted by Crippen LogP contribution is 2.22. The van der Waals surface area contributed by atoms with Crippen molar-refractivity contribution in [2.24, 2.45) is 5.73 Å². The van der Waals surface area contributed by atoms with Gasteiger partial charge in [-0.2, -0.15) is 0 Å². The normalized spacial score (nSPS) is 12.4. The third-order valence-electron chi connectivity index (χ3n) is 3.58. The second kappa shape index (κ2) is 7.20. The molecule has 0 aromatic heterocycles. The fourth-order valence-electron chi connectivity index (χ4n) is 2.42. The fourth-order valence-corrected chi connectivity index (χ4v) is 2.42. The van der Waals surface area contributed by atoms with Crippen LogP contribution in [0.1, 0.15) is 17.2 Å². The van der Waals surface area contributed by atoms with Crippen LogP contribution >= 0.6 is 0 Å². The summed E-state index contributed by atoms with van der Waals surface area (Å²) in [5.74, 6) is 0.608. The first-order valence-corrected chi connectivity index (χ1v) is 6.92. The molecule has 2 aromatic carbocycles. The van der Waals surface area contributed by atoms with Gasteiger partial charge in [-0.1, -0.05) is 24.3 Å². The Morgan fingerprint density at radius 3 is 2.52 bits per heavy atom. The molecule has 0 aliphatic rings. The van der Waals surface area contributed by atoms with Gasteiger partial charge in [0.15, 0.2) is 0 Å². The van der Waals surface area contributed by atoms with Crippen molar-refractivity contribution in [3.8, 4) is 5.75 Å². The molecule has 0 aliphatic carbocycles. The number of ether oxygens (including phenoxy) is 1. The van der Waals surface area contributed by atoms with Gasteiger partial charge in [-0.3, -0.25) is 4.90 Å². The summed E-state index contributed by atoms with van der Waals surface area (Å²) in [6.45, 7) is 1.22. The molecule has 2 rings (SSSR count). The summed E-state index contributed by atoms with van der Waals surface area (Å²) in [5.41, 5.74) is 8.06. The van der Waals surface area contributed by atoms with E-state index in [2.05, 4.69) is 11.0 Å². The molecule has 1 atom stereocenters. The third kappa shape index (κ3) is 4.03. The number of hydrogen-bond acceptors (Lipinski definition) is 3. The molecule has 2 aromatic rings. The molecule has 0 bridgehead atoms. The number of hydrogen-bond donors (Lipinski definition) is 1. The predicted molar refractivity (Wildman–Crippen MR) is 82.7 cm³/mol. The average molecular weight is 288 g/mol. The topological polar surface area (TPSA) is 38.5 Å². The van der Waals surface area contributed by atoms with Crippen LogP contribution in [0.15, 0.2) is 48.5 Å². The zero-order valence-electron chi connectivity index (χ0n) is 12.4. The Kier molecular flexibility index (Phi) is 5.31. The highest BCUT2D eigenvalue weighted by Gasteiger charge is 2.15. The molecule has 0 heterocycles. The smallest absolute Gasteiger partial charge is 0.123 e. The van der Waals surface area contributed by atoms with Crippen molar-refractivity contribution in [1.82, 2.24) is 4.90 Å². The number of benzene rings is 2. The molecule has 0 fully saturated rings. The van der Waals surface area contributed by atoms with Crippen molar-refractivity contribution >= 4 is 0 Å². The Bertz CT molecular complexity index is 571. The van der Waals surface area contributed by atoms with Crippen LogP contribution in [0.5, 0.6) is 5.75 Å². The van der Waals surface area contributed by atoms with Gasteiger partial charge < -0.3 is 10.5 Å². The van der Waals surface area contributed by atoms with E-state index >= 15 is 0 Å². The van der Waals surface area contributed by atoms with Crippen LogP contribution in [0, 0.1) is 5.82 Å². The van der Waals surface area contributed by atoms with Gasteiger partial charge in [0, 0.05) is 19.1 Å². The Hall–Kier alpha value is -1.91. The van der Waals surface area contributed by atoms with Gasteiger partial charge in [-0.15, -0.1) is 0 Å². The molecular weight excluding hydrogens is 267 g/mol. The average Bonchev–Trinajstić information content (AvgIpc) is 2.50. The van der Waals surface area contributed by atoms with Crippen LogP contribution in [-0.4, -0.2) is 25.6 Å². The van der Waals surface area contributed by atoms with Crippen molar-refractivity contribution < 1.29 is 9.13 Å². The van der Waals surface area contributed by atoms with Crippen LogP contribution in [-0.2, 0) is 6.54 Å². The molecule has 2 N–H and O–H groups in total. The standard InChI is InChI=1S/C17H21FN2O/c1-20(12-13-4-3-5-16(10-13)21-2)17(11-19)14-6-8-15(18)9-7-14/h3-10,17H,11-12,19H2,1-2H3. The third-order valence-corrected chi connectivity index (χ3v) is 3.58. The molecule has 0 saturated heterocycles. The van der Waals surface area contributed by atoms with Gasteiger partial charge in [-0.05, 0) is 42.4 Å². The summed E-state index contributed by atoms with van der Waals surface area (Å²) in [4.78, 5) is 2.15. The lowest BCUT2D eigenvalue weighted by Crippen LogP contribution is -2.30. The van der Waals surface area contributed by atoms with Crippen molar-refractivity contribution in [1.29, 1.82) is 0 Å². The van der Waals surface area contributed by atoms with Crippen LogP contribution in [0.25, 0.3) is 0 Å². The number of rotatable bonds is 6. The molecule has 3 nitrogen and oxygen atoms in total. The maximum absolute atomic E-state index is 13.0. The zero-order chi connectivity index (χ0) is 15.2. The minimum Gasteiger partial charge on any atom is -0.497 e. The largest absolute Gasteiger partial charge is 0.497 e. The maximum atomic E-state index is 13.0. The minimum absolute atomic E-state index is 0.0526. The molecule has 21 heavy (non-hydrogen) atoms. The van der Waals surface area contributed by atoms with E-state index in [0.717, 1.165) is 23.4 Å². The van der Waals surface area contributed by atoms with Gasteiger partial charge >= 0.3 is 0 Å². The first-order valence-electron chi connectivity index (χ1n) is 6.92. The van der Waals surface area contributed by atoms with E-state index in [1.54, 1.807) is 19.2 Å². The van der Waals surface area contributed by atoms with E-state index in [0.29, 0.717) is 6.54 Å². The number of nitrogens with two attached hydrogens (primary N) is 1. The van der Waals surface area contributed by atoms with Crippen LogP contribution in [0.3, 0.4) is 0 Å². The van der Waals surface area contributed by atoms with Crippen molar-refractivity contribution in [2.45, 2.75) is 12.6 Å². The van der Waals surface area contributed by atoms with Gasteiger partial charge in [0.1, 0.15) is 11.6 Å². The number of halogens is 1. The molecule has 0 amide bonds. The first-order chi connectivity index (χ1) is 10.1. The van der Waals surface area contributed by atoms with Crippen molar-refractivity contribution in [3.63, 3.8) is 0 Å². The lowest BCUT2D eigenvalue weighted by molar-refractivity contribution is 0.241. The van der Waals surface area contributed by atoms with E-state index < -0.39 is 0 Å². The summed E-state index contributed by atoms with van der Waals surface area (Å²) in [6, 6.07) is 14.5. The lowest BCUT2D eigenvalue weighted by atomic mass is 10.0. The van der Waals surface area contributed by atoms with E-state index in [4.69, 9.17) is 10.5 Å². The monoisotopic (exact) mass is 288 g/mol. The van der Waals surface area contributed by atoms with Crippen molar-refractivity contribution in [3.05, 3.63) is 65.5 Å². The number of methoxy groups -OCH3 is 1. The quantitative estimate of drug-likeness (QED) is 0.888. The van der Waals surface area contributed by atoms with E-state index in [-0.39, 0.29) is 11.9 Å². The number of nitrogens with zero attached hydrogens (tertiary/aromatic N) is 1. The van der Waals surface area contributed by atoms with Crippen molar-refractivity contribution in [2.75, 3.05) is 20.7 Å². The SMILES string of the molecule is COc1cccc(CN(C)C(CN)c2ccc(F)cc2)c1. The van der Waals surface area contributed by atoms with Crippen LogP contribution in [0.4, 0.5) is 4.39 Å². The second-order valence-corrected chi connectivity index (χ2v) is 5.07. The molecule has 0 radical (unpaired) electrons. The van der Waals surface area contributed by atoms with E-state index in [9.17, 15) is 4.39 Å². The Morgan fingerprint density at radius 1 is 1.19 bits per heavy atom. The van der Waals surface area contributed by atoms with Gasteiger partial charge in [0.25, 0.3) is 0 Å². The second-order valence-electron chi connectivity index (χ2n) is 5.07. The molecule has 4 heteroatoms. The minimum atomic E-state index is -0.232. The molecule has 0 saturated carbocycles. The first kappa shape index (κ1) is 15.5. The molecule has 0 aliphatic heterocycles. The van der Waals surface area contributed by atoms with Gasteiger partial charge in [-0.25, -0.2) is 4.39 Å². The highest BCUT2D eigenvalue weighted by molar-refractivity contribution is 5.28. The summed E-state index contributed by atoms with van der Waals surface area (Å²) in [6.07, 6.45) is 0. The lowest BCUT2D eigenvalue weighted by Gasteiger charge is -2.27. The summed E-state index contributed by atoms with van der Waals surface area (Å²) < 4.78 is 18.3. The van der Waals surface area contributed by atoms with Gasteiger partial charge in [0.05, 0.1) is 7.11 Å². The summed E-state index contributed by atoms with van der Waals surface area (Å²) in [5, 5.41) is 0. The molecule has 0 spiro atoms. The fraction of sp³-hybridized carbons (Fsp3) is 0.294. The van der Waals surface area contributed by atoms with Crippen LogP contribution in [0.2, 0.25) is 0 Å². The maximum Gasteiger partial charge on any atom is 0.123 e. The molecular formula is C17H21FN2O. The Labute approximate surface area is 125 Å². The summed E-state index contributed by atoms with van der Waals surface area (Å²) in [7, 11) is 3.67. The van der Waals surface area contributed by atoms with E-state index in [1.807, 2.05) is 25.2 Å². The van der Waals surface area contributed by atoms with E-state index in [1.165, 1.54) is 12.1 Å². The number of likely N-dealkylation sites (N-methyl/N-ethyl adjacent to an activating group) is 1. The zero-order valence-corrected chi connectivity index (χ0v) is 12.4. The highest BCUT2D eigenvalue weighted by atomic mass is 19.1. The predicted octanol–water partition coefficient (Wildman–Crippen LogP) is 2.97. The Morgan fingerprint density at radius 2 is 1.90 bits per heavy atom. The van der Waals surface area contributed by atoms with Gasteiger partial charge in [0.2, 0.25) is 0 Å². The molecule has 112 valence electrons. The summed E-state index contributed by atoms with van der Waals surface area (Å²) >= 11 is 0.